The van der Waals surface area contributed by atoms with Gasteiger partial charge < -0.3 is 0 Å². The number of halogens is 4. The van der Waals surface area contributed by atoms with Crippen molar-refractivity contribution < 1.29 is 13.2 Å². The number of hydrogen-bond donors (Lipinski definition) is 0. The van der Waals surface area contributed by atoms with E-state index in [1.165, 1.54) is 17.4 Å². The number of nitriles is 1. The second-order valence-electron chi connectivity index (χ2n) is 3.39. The Bertz CT molecular complexity index is 586. The van der Waals surface area contributed by atoms with Gasteiger partial charge in [0.2, 0.25) is 0 Å². The molecule has 0 saturated heterocycles. The van der Waals surface area contributed by atoms with Gasteiger partial charge >= 0.3 is 6.18 Å². The van der Waals surface area contributed by atoms with Crippen LogP contribution in [0.2, 0.25) is 0 Å². The first-order chi connectivity index (χ1) is 8.50. The van der Waals surface area contributed by atoms with E-state index in [0.29, 0.717) is 16.3 Å². The normalized spacial score (nSPS) is 10.6. The summed E-state index contributed by atoms with van der Waals surface area (Å²) in [6.07, 6.45) is -3.11. The summed E-state index contributed by atoms with van der Waals surface area (Å²) in [6, 6.07) is 4.20. The molecule has 3 nitrogen and oxygen atoms in total. The zero-order valence-corrected chi connectivity index (χ0v) is 11.8. The average Bonchev–Trinajstić information content (AvgIpc) is 2.77. The van der Waals surface area contributed by atoms with Crippen molar-refractivity contribution in [3.05, 3.63) is 34.4 Å². The lowest BCUT2D eigenvalue weighted by atomic mass is 10.2. The van der Waals surface area contributed by atoms with Gasteiger partial charge in [0.05, 0.1) is 18.2 Å². The van der Waals surface area contributed by atoms with Crippen molar-refractivity contribution in [1.29, 1.82) is 5.26 Å². The number of thiazole rings is 1. The van der Waals surface area contributed by atoms with E-state index in [0.717, 1.165) is 12.3 Å². The minimum atomic E-state index is -4.44. The summed E-state index contributed by atoms with van der Waals surface area (Å²) in [5.41, 5.74) is 0.105. The van der Waals surface area contributed by atoms with Crippen LogP contribution in [0.3, 0.4) is 0 Å². The van der Waals surface area contributed by atoms with Gasteiger partial charge in [-0.25, -0.2) is 4.98 Å². The first kappa shape index (κ1) is 15.6. The molecule has 0 N–H and O–H groups in total. The predicted octanol–water partition coefficient (Wildman–Crippen LogP) is 3.87. The Morgan fingerprint density at radius 3 is 2.58 bits per heavy atom. The highest BCUT2D eigenvalue weighted by Crippen LogP contribution is 2.29. The van der Waals surface area contributed by atoms with Crippen LogP contribution < -0.4 is 0 Å². The molecule has 2 aromatic rings. The molecule has 0 aliphatic heterocycles. The van der Waals surface area contributed by atoms with Gasteiger partial charge in [0.15, 0.2) is 0 Å². The fraction of sp³-hybridized carbons (Fsp3) is 0.182. The third kappa shape index (κ3) is 3.75. The monoisotopic (exact) mass is 349 g/mol. The quantitative estimate of drug-likeness (QED) is 0.826. The van der Waals surface area contributed by atoms with Crippen LogP contribution in [0.4, 0.5) is 13.2 Å². The van der Waals surface area contributed by atoms with E-state index in [1.807, 2.05) is 6.07 Å². The third-order valence-electron chi connectivity index (χ3n) is 2.13. The Kier molecular flexibility index (Phi) is 5.03. The van der Waals surface area contributed by atoms with Gasteiger partial charge in [-0.05, 0) is 12.1 Å². The highest BCUT2D eigenvalue weighted by molar-refractivity contribution is 8.93. The summed E-state index contributed by atoms with van der Waals surface area (Å²) in [7, 11) is 0. The summed E-state index contributed by atoms with van der Waals surface area (Å²) in [5.74, 6) is 0. The average molecular weight is 350 g/mol. The topological polar surface area (TPSA) is 49.6 Å². The van der Waals surface area contributed by atoms with Gasteiger partial charge in [-0.2, -0.15) is 18.4 Å². The maximum absolute atomic E-state index is 12.3. The first-order valence-corrected chi connectivity index (χ1v) is 5.73. The number of hydrogen-bond acceptors (Lipinski definition) is 4. The second-order valence-corrected chi connectivity index (χ2v) is 4.33. The lowest BCUT2D eigenvalue weighted by Crippen LogP contribution is -2.07. The van der Waals surface area contributed by atoms with Crippen LogP contribution >= 0.6 is 28.3 Å². The summed E-state index contributed by atoms with van der Waals surface area (Å²) in [6.45, 7) is 0. The van der Waals surface area contributed by atoms with E-state index < -0.39 is 11.9 Å². The van der Waals surface area contributed by atoms with E-state index in [2.05, 4.69) is 9.97 Å². The van der Waals surface area contributed by atoms with Gasteiger partial charge in [-0.1, -0.05) is 0 Å². The molecule has 0 aliphatic rings. The van der Waals surface area contributed by atoms with Crippen LogP contribution in [0, 0.1) is 11.3 Å². The summed E-state index contributed by atoms with van der Waals surface area (Å²) in [4.78, 5) is 7.49. The van der Waals surface area contributed by atoms with E-state index in [4.69, 9.17) is 5.26 Å². The SMILES string of the molecule is Br.N#CCc1nc(-c2ccc(C(F)(F)F)nc2)cs1. The van der Waals surface area contributed by atoms with E-state index in [1.54, 1.807) is 5.38 Å². The zero-order chi connectivity index (χ0) is 13.2. The van der Waals surface area contributed by atoms with Crippen LogP contribution in [0.25, 0.3) is 11.3 Å². The molecular formula is C11H7BrF3N3S. The van der Waals surface area contributed by atoms with Gasteiger partial charge in [0.1, 0.15) is 10.7 Å². The van der Waals surface area contributed by atoms with Crippen LogP contribution in [-0.2, 0) is 12.6 Å². The fourth-order valence-electron chi connectivity index (χ4n) is 1.31. The molecule has 2 rings (SSSR count). The number of aromatic nitrogens is 2. The molecular weight excluding hydrogens is 343 g/mol. The number of pyridine rings is 1. The number of alkyl halides is 3. The minimum absolute atomic E-state index is 0. The Morgan fingerprint density at radius 1 is 1.32 bits per heavy atom. The molecule has 0 bridgehead atoms. The van der Waals surface area contributed by atoms with Crippen molar-refractivity contribution in [3.8, 4) is 17.3 Å². The second kappa shape index (κ2) is 6.12. The lowest BCUT2D eigenvalue weighted by Gasteiger charge is -2.05. The standard InChI is InChI=1S/C11H6F3N3S.BrH/c12-11(13,14)9-2-1-7(5-16-9)8-6-18-10(17-8)3-4-15;/h1-2,5-6H,3H2;1H. The molecule has 100 valence electrons. The minimum Gasteiger partial charge on any atom is -0.251 e. The highest BCUT2D eigenvalue weighted by Gasteiger charge is 2.32. The molecule has 0 saturated carbocycles. The van der Waals surface area contributed by atoms with Gasteiger partial charge in [-0.3, -0.25) is 4.98 Å². The summed E-state index contributed by atoms with van der Waals surface area (Å²) in [5, 5.41) is 10.8. The predicted molar refractivity (Wildman–Crippen MR) is 70.0 cm³/mol. The van der Waals surface area contributed by atoms with Gasteiger partial charge in [0, 0.05) is 17.1 Å². The molecule has 0 radical (unpaired) electrons. The molecule has 19 heavy (non-hydrogen) atoms. The lowest BCUT2D eigenvalue weighted by molar-refractivity contribution is -0.141. The molecule has 0 atom stereocenters. The highest BCUT2D eigenvalue weighted by atomic mass is 79.9. The Balaban J connectivity index is 0.00000180. The smallest absolute Gasteiger partial charge is 0.251 e. The van der Waals surface area contributed by atoms with E-state index >= 15 is 0 Å². The van der Waals surface area contributed by atoms with Crippen molar-refractivity contribution >= 4 is 28.3 Å². The Labute approximate surface area is 121 Å². The molecule has 0 aliphatic carbocycles. The summed E-state index contributed by atoms with van der Waals surface area (Å²) >= 11 is 1.30. The van der Waals surface area contributed by atoms with Crippen LogP contribution in [0.15, 0.2) is 23.7 Å². The van der Waals surface area contributed by atoms with Crippen LogP contribution in [-0.4, -0.2) is 9.97 Å². The maximum atomic E-state index is 12.3. The summed E-state index contributed by atoms with van der Waals surface area (Å²) < 4.78 is 36.9. The van der Waals surface area contributed by atoms with E-state index in [9.17, 15) is 13.2 Å². The van der Waals surface area contributed by atoms with E-state index in [-0.39, 0.29) is 23.4 Å². The third-order valence-corrected chi connectivity index (χ3v) is 2.98. The largest absolute Gasteiger partial charge is 0.433 e. The van der Waals surface area contributed by atoms with Crippen molar-refractivity contribution in [3.63, 3.8) is 0 Å². The molecule has 0 spiro atoms. The Hall–Kier alpha value is -1.46. The molecule has 0 unspecified atom stereocenters. The van der Waals surface area contributed by atoms with Crippen molar-refractivity contribution in [2.24, 2.45) is 0 Å². The first-order valence-electron chi connectivity index (χ1n) is 4.85. The molecule has 0 amide bonds. The van der Waals surface area contributed by atoms with Crippen molar-refractivity contribution in [2.45, 2.75) is 12.6 Å². The van der Waals surface area contributed by atoms with Gasteiger partial charge in [0.25, 0.3) is 0 Å². The molecule has 2 aromatic heterocycles. The van der Waals surface area contributed by atoms with Crippen molar-refractivity contribution in [1.82, 2.24) is 9.97 Å². The van der Waals surface area contributed by atoms with Crippen LogP contribution in [0.1, 0.15) is 10.7 Å². The fourth-order valence-corrected chi connectivity index (χ4v) is 2.04. The molecule has 8 heteroatoms. The molecule has 0 fully saturated rings. The number of rotatable bonds is 2. The molecule has 0 aromatic carbocycles. The molecule has 2 heterocycles. The van der Waals surface area contributed by atoms with Crippen LogP contribution in [0.5, 0.6) is 0 Å². The van der Waals surface area contributed by atoms with Gasteiger partial charge in [-0.15, -0.1) is 28.3 Å². The van der Waals surface area contributed by atoms with Crippen molar-refractivity contribution in [2.75, 3.05) is 0 Å². The Morgan fingerprint density at radius 2 is 2.05 bits per heavy atom. The zero-order valence-electron chi connectivity index (χ0n) is 9.31. The maximum Gasteiger partial charge on any atom is 0.433 e. The number of nitrogens with zero attached hydrogens (tertiary/aromatic N) is 3.